The maximum atomic E-state index is 10.9. The minimum absolute atomic E-state index is 0.385. The molecule has 0 heterocycles. The second-order valence-corrected chi connectivity index (χ2v) is 2.13. The number of carbonyl (C=O) groups is 1. The molecule has 1 aromatic rings. The number of carbonyl (C=O) groups excluding carboxylic acids is 1. The summed E-state index contributed by atoms with van der Waals surface area (Å²) in [5, 5.41) is 2.57. The maximum Gasteiger partial charge on any atom is 0.343 e. The number of hydroxylamine groups is 1. The maximum absolute atomic E-state index is 10.9. The molecule has 2 N–H and O–H groups in total. The van der Waals surface area contributed by atoms with Gasteiger partial charge in [-0.1, -0.05) is 18.2 Å². The highest BCUT2D eigenvalue weighted by Gasteiger charge is 1.97. The highest BCUT2D eigenvalue weighted by Crippen LogP contribution is 2.03. The normalized spacial score (nSPS) is 9.08. The molecule has 1 rings (SSSR count). The molecule has 64 valence electrons. The van der Waals surface area contributed by atoms with E-state index in [1.165, 1.54) is 7.11 Å². The van der Waals surface area contributed by atoms with Crippen LogP contribution in [0.2, 0.25) is 0 Å². The average molecular weight is 166 g/mol. The fourth-order valence-corrected chi connectivity index (χ4v) is 0.771. The monoisotopic (exact) mass is 166 g/mol. The van der Waals surface area contributed by atoms with Crippen molar-refractivity contribution in [2.24, 2.45) is 0 Å². The molecule has 0 bridgehead atoms. The number of rotatable bonds is 2. The lowest BCUT2D eigenvalue weighted by atomic mass is 10.3. The molecule has 0 spiro atoms. The predicted molar refractivity (Wildman–Crippen MR) is 45.6 cm³/mol. The van der Waals surface area contributed by atoms with Gasteiger partial charge in [0.05, 0.1) is 7.11 Å². The Labute approximate surface area is 70.5 Å². The summed E-state index contributed by atoms with van der Waals surface area (Å²) in [5.74, 6) is 0. The third-order valence-electron chi connectivity index (χ3n) is 1.23. The van der Waals surface area contributed by atoms with Gasteiger partial charge in [-0.15, -0.1) is 0 Å². The molecule has 0 aliphatic heterocycles. The third-order valence-corrected chi connectivity index (χ3v) is 1.23. The third kappa shape index (κ3) is 2.59. The Balaban J connectivity index is 2.47. The summed E-state index contributed by atoms with van der Waals surface area (Å²) in [4.78, 5) is 15.3. The van der Waals surface area contributed by atoms with Crippen LogP contribution in [-0.4, -0.2) is 13.1 Å². The first-order chi connectivity index (χ1) is 5.83. The van der Waals surface area contributed by atoms with Gasteiger partial charge in [0.1, 0.15) is 0 Å². The summed E-state index contributed by atoms with van der Waals surface area (Å²) < 4.78 is 0. The summed E-state index contributed by atoms with van der Waals surface area (Å²) in [6.07, 6.45) is 0. The van der Waals surface area contributed by atoms with E-state index in [-0.39, 0.29) is 6.03 Å². The van der Waals surface area contributed by atoms with Gasteiger partial charge in [-0.25, -0.2) is 10.3 Å². The first kappa shape index (κ1) is 8.55. The van der Waals surface area contributed by atoms with E-state index < -0.39 is 0 Å². The molecule has 0 aromatic heterocycles. The molecule has 0 saturated carbocycles. The number of urea groups is 1. The number of para-hydroxylation sites is 1. The summed E-state index contributed by atoms with van der Waals surface area (Å²) >= 11 is 0. The first-order valence-corrected chi connectivity index (χ1v) is 3.48. The Hall–Kier alpha value is -1.55. The summed E-state index contributed by atoms with van der Waals surface area (Å²) in [6.45, 7) is 0. The van der Waals surface area contributed by atoms with E-state index in [4.69, 9.17) is 0 Å². The number of anilines is 1. The van der Waals surface area contributed by atoms with Crippen LogP contribution in [0.4, 0.5) is 10.5 Å². The highest BCUT2D eigenvalue weighted by molar-refractivity contribution is 5.88. The summed E-state index contributed by atoms with van der Waals surface area (Å²) in [6, 6.07) is 8.73. The molecular weight excluding hydrogens is 156 g/mol. The van der Waals surface area contributed by atoms with Crippen LogP contribution in [-0.2, 0) is 4.84 Å². The predicted octanol–water partition coefficient (Wildman–Crippen LogP) is 1.37. The number of amides is 2. The Morgan fingerprint density at radius 1 is 1.33 bits per heavy atom. The molecule has 0 unspecified atom stereocenters. The van der Waals surface area contributed by atoms with Crippen molar-refractivity contribution in [1.29, 1.82) is 0 Å². The van der Waals surface area contributed by atoms with Gasteiger partial charge >= 0.3 is 6.03 Å². The van der Waals surface area contributed by atoms with Crippen molar-refractivity contribution in [2.75, 3.05) is 12.4 Å². The van der Waals surface area contributed by atoms with Crippen LogP contribution in [0, 0.1) is 0 Å². The lowest BCUT2D eigenvalue weighted by Crippen LogP contribution is -2.27. The van der Waals surface area contributed by atoms with Gasteiger partial charge in [-0.2, -0.15) is 0 Å². The van der Waals surface area contributed by atoms with Crippen LogP contribution < -0.4 is 10.8 Å². The summed E-state index contributed by atoms with van der Waals surface area (Å²) in [5.41, 5.74) is 2.87. The van der Waals surface area contributed by atoms with Crippen LogP contribution in [0.3, 0.4) is 0 Å². The van der Waals surface area contributed by atoms with Crippen molar-refractivity contribution in [3.63, 3.8) is 0 Å². The number of nitrogens with one attached hydrogen (secondary N) is 2. The van der Waals surface area contributed by atoms with Crippen molar-refractivity contribution in [3.05, 3.63) is 30.3 Å². The van der Waals surface area contributed by atoms with Gasteiger partial charge < -0.3 is 5.32 Å². The van der Waals surface area contributed by atoms with Crippen molar-refractivity contribution in [3.8, 4) is 0 Å². The van der Waals surface area contributed by atoms with Crippen LogP contribution >= 0.6 is 0 Å². The van der Waals surface area contributed by atoms with Gasteiger partial charge in [-0.05, 0) is 12.1 Å². The largest absolute Gasteiger partial charge is 0.343 e. The second-order valence-electron chi connectivity index (χ2n) is 2.13. The Morgan fingerprint density at radius 2 is 2.00 bits per heavy atom. The Bertz CT molecular complexity index is 248. The lowest BCUT2D eigenvalue weighted by Gasteiger charge is -2.03. The standard InChI is InChI=1S/C8H10N2O2/c1-12-10-8(11)9-7-5-3-2-4-6-7/h2-6H,1H3,(H2,9,10,11). The second kappa shape index (κ2) is 4.35. The molecule has 2 amide bonds. The van der Waals surface area contributed by atoms with E-state index in [9.17, 15) is 4.79 Å². The molecule has 0 atom stereocenters. The van der Waals surface area contributed by atoms with E-state index >= 15 is 0 Å². The van der Waals surface area contributed by atoms with Crippen molar-refractivity contribution < 1.29 is 9.63 Å². The average Bonchev–Trinajstić information content (AvgIpc) is 2.06. The number of hydrogen-bond donors (Lipinski definition) is 2. The zero-order chi connectivity index (χ0) is 8.81. The topological polar surface area (TPSA) is 50.4 Å². The fourth-order valence-electron chi connectivity index (χ4n) is 0.771. The minimum Gasteiger partial charge on any atom is -0.306 e. The van der Waals surface area contributed by atoms with Crippen LogP contribution in [0.25, 0.3) is 0 Å². The molecule has 0 aliphatic rings. The molecule has 4 nitrogen and oxygen atoms in total. The molecule has 0 saturated heterocycles. The number of hydrogen-bond acceptors (Lipinski definition) is 2. The zero-order valence-electron chi connectivity index (χ0n) is 6.70. The van der Waals surface area contributed by atoms with Gasteiger partial charge in [0.25, 0.3) is 0 Å². The van der Waals surface area contributed by atoms with E-state index in [1.807, 2.05) is 18.2 Å². The van der Waals surface area contributed by atoms with Crippen molar-refractivity contribution >= 4 is 11.7 Å². The molecular formula is C8H10N2O2. The lowest BCUT2D eigenvalue weighted by molar-refractivity contribution is 0.114. The highest BCUT2D eigenvalue weighted by atomic mass is 16.6. The fraction of sp³-hybridized carbons (Fsp3) is 0.125. The van der Waals surface area contributed by atoms with Crippen molar-refractivity contribution in [2.45, 2.75) is 0 Å². The Kier molecular flexibility index (Phi) is 3.10. The van der Waals surface area contributed by atoms with Gasteiger partial charge in [0.15, 0.2) is 0 Å². The smallest absolute Gasteiger partial charge is 0.306 e. The van der Waals surface area contributed by atoms with E-state index in [2.05, 4.69) is 15.6 Å². The zero-order valence-corrected chi connectivity index (χ0v) is 6.70. The Morgan fingerprint density at radius 3 is 2.58 bits per heavy atom. The van der Waals surface area contributed by atoms with Crippen LogP contribution in [0.1, 0.15) is 0 Å². The van der Waals surface area contributed by atoms with Crippen molar-refractivity contribution in [1.82, 2.24) is 5.48 Å². The molecule has 0 radical (unpaired) electrons. The minimum atomic E-state index is -0.385. The van der Waals surface area contributed by atoms with Crippen LogP contribution in [0.5, 0.6) is 0 Å². The first-order valence-electron chi connectivity index (χ1n) is 3.48. The van der Waals surface area contributed by atoms with E-state index in [0.29, 0.717) is 0 Å². The van der Waals surface area contributed by atoms with Gasteiger partial charge in [0.2, 0.25) is 0 Å². The quantitative estimate of drug-likeness (QED) is 0.652. The van der Waals surface area contributed by atoms with Gasteiger partial charge in [-0.3, -0.25) is 4.84 Å². The van der Waals surface area contributed by atoms with E-state index in [0.717, 1.165) is 5.69 Å². The molecule has 4 heteroatoms. The number of benzene rings is 1. The molecule has 0 aliphatic carbocycles. The molecule has 12 heavy (non-hydrogen) atoms. The van der Waals surface area contributed by atoms with Gasteiger partial charge in [0, 0.05) is 5.69 Å². The molecule has 0 fully saturated rings. The SMILES string of the molecule is CONC(=O)Nc1ccccc1. The van der Waals surface area contributed by atoms with E-state index in [1.54, 1.807) is 12.1 Å². The summed E-state index contributed by atoms with van der Waals surface area (Å²) in [7, 11) is 1.38. The van der Waals surface area contributed by atoms with Crippen LogP contribution in [0.15, 0.2) is 30.3 Å². The molecule has 1 aromatic carbocycles.